The molecule has 0 heterocycles. The predicted molar refractivity (Wildman–Crippen MR) is 72.3 cm³/mol. The van der Waals surface area contributed by atoms with Crippen molar-refractivity contribution in [2.45, 2.75) is 46.0 Å². The Bertz CT molecular complexity index is 397. The fourth-order valence-corrected chi connectivity index (χ4v) is 1.94. The first-order valence-corrected chi connectivity index (χ1v) is 6.52. The van der Waals surface area contributed by atoms with Gasteiger partial charge in [0.25, 0.3) is 0 Å². The fourth-order valence-electron chi connectivity index (χ4n) is 1.94. The number of carbonyl (C=O) groups is 1. The normalized spacial score (nSPS) is 10.7. The first-order valence-electron chi connectivity index (χ1n) is 6.52. The van der Waals surface area contributed by atoms with E-state index in [0.29, 0.717) is 18.9 Å². The van der Waals surface area contributed by atoms with E-state index in [9.17, 15) is 4.79 Å². The summed E-state index contributed by atoms with van der Waals surface area (Å²) in [5, 5.41) is 8.63. The SMILES string of the molecule is CCOc1ccc(CCCC(=O)O)cc1C(C)C. The lowest BCUT2D eigenvalue weighted by Crippen LogP contribution is -2.00. The standard InChI is InChI=1S/C15H22O3/c1-4-18-14-9-8-12(6-5-7-15(16)17)10-13(14)11(2)3/h8-11H,4-7H2,1-3H3,(H,16,17). The number of aliphatic carboxylic acids is 1. The summed E-state index contributed by atoms with van der Waals surface area (Å²) in [6.07, 6.45) is 1.71. The quantitative estimate of drug-likeness (QED) is 0.804. The molecule has 1 aromatic rings. The molecule has 0 fully saturated rings. The molecule has 3 nitrogen and oxygen atoms in total. The fraction of sp³-hybridized carbons (Fsp3) is 0.533. The Morgan fingerprint density at radius 1 is 1.39 bits per heavy atom. The molecule has 0 atom stereocenters. The van der Waals surface area contributed by atoms with Gasteiger partial charge in [0, 0.05) is 6.42 Å². The second-order valence-electron chi connectivity index (χ2n) is 4.71. The second-order valence-corrected chi connectivity index (χ2v) is 4.71. The summed E-state index contributed by atoms with van der Waals surface area (Å²) >= 11 is 0. The number of carboxylic acid groups (broad SMARTS) is 1. The lowest BCUT2D eigenvalue weighted by molar-refractivity contribution is -0.137. The summed E-state index contributed by atoms with van der Waals surface area (Å²) in [6, 6.07) is 6.16. The highest BCUT2D eigenvalue weighted by atomic mass is 16.5. The number of hydrogen-bond donors (Lipinski definition) is 1. The third-order valence-corrected chi connectivity index (χ3v) is 2.85. The van der Waals surface area contributed by atoms with E-state index in [-0.39, 0.29) is 6.42 Å². The highest BCUT2D eigenvalue weighted by molar-refractivity contribution is 5.66. The van der Waals surface area contributed by atoms with Crippen LogP contribution in [0.25, 0.3) is 0 Å². The maximum Gasteiger partial charge on any atom is 0.303 e. The minimum atomic E-state index is -0.731. The van der Waals surface area contributed by atoms with Crippen LogP contribution in [-0.2, 0) is 11.2 Å². The van der Waals surface area contributed by atoms with Crippen LogP contribution in [0.2, 0.25) is 0 Å². The molecule has 1 aromatic carbocycles. The van der Waals surface area contributed by atoms with Crippen LogP contribution in [0.15, 0.2) is 18.2 Å². The first kappa shape index (κ1) is 14.6. The van der Waals surface area contributed by atoms with E-state index >= 15 is 0 Å². The molecule has 0 aromatic heterocycles. The van der Waals surface area contributed by atoms with Crippen LogP contribution in [0.4, 0.5) is 0 Å². The number of benzene rings is 1. The molecule has 18 heavy (non-hydrogen) atoms. The molecule has 1 rings (SSSR count). The van der Waals surface area contributed by atoms with Crippen molar-refractivity contribution in [3.05, 3.63) is 29.3 Å². The number of hydrogen-bond acceptors (Lipinski definition) is 2. The highest BCUT2D eigenvalue weighted by Crippen LogP contribution is 2.28. The molecular formula is C15H22O3. The highest BCUT2D eigenvalue weighted by Gasteiger charge is 2.09. The molecule has 0 aliphatic heterocycles. The summed E-state index contributed by atoms with van der Waals surface area (Å²) < 4.78 is 5.60. The molecule has 0 saturated heterocycles. The number of carboxylic acids is 1. The minimum absolute atomic E-state index is 0.226. The van der Waals surface area contributed by atoms with Gasteiger partial charge in [-0.1, -0.05) is 26.0 Å². The lowest BCUT2D eigenvalue weighted by Gasteiger charge is -2.14. The maximum atomic E-state index is 10.5. The zero-order valence-corrected chi connectivity index (χ0v) is 11.4. The predicted octanol–water partition coefficient (Wildman–Crippen LogP) is 3.62. The van der Waals surface area contributed by atoms with Crippen LogP contribution >= 0.6 is 0 Å². The molecule has 0 bridgehead atoms. The van der Waals surface area contributed by atoms with Gasteiger partial charge < -0.3 is 9.84 Å². The van der Waals surface area contributed by atoms with Crippen molar-refractivity contribution in [3.8, 4) is 5.75 Å². The summed E-state index contributed by atoms with van der Waals surface area (Å²) in [5.41, 5.74) is 2.38. The molecule has 100 valence electrons. The van der Waals surface area contributed by atoms with Gasteiger partial charge in [0.15, 0.2) is 0 Å². The van der Waals surface area contributed by atoms with Gasteiger partial charge in [-0.15, -0.1) is 0 Å². The number of rotatable bonds is 7. The zero-order valence-electron chi connectivity index (χ0n) is 11.4. The van der Waals surface area contributed by atoms with Crippen molar-refractivity contribution in [2.75, 3.05) is 6.61 Å². The van der Waals surface area contributed by atoms with Gasteiger partial charge in [-0.2, -0.15) is 0 Å². The largest absolute Gasteiger partial charge is 0.494 e. The van der Waals surface area contributed by atoms with Crippen molar-refractivity contribution in [1.29, 1.82) is 0 Å². The van der Waals surface area contributed by atoms with Crippen LogP contribution in [0, 0.1) is 0 Å². The summed E-state index contributed by atoms with van der Waals surface area (Å²) in [6.45, 7) is 6.92. The molecular weight excluding hydrogens is 228 g/mol. The molecule has 3 heteroatoms. The van der Waals surface area contributed by atoms with Gasteiger partial charge in [-0.25, -0.2) is 0 Å². The Balaban J connectivity index is 2.76. The average molecular weight is 250 g/mol. The van der Waals surface area contributed by atoms with Crippen molar-refractivity contribution in [2.24, 2.45) is 0 Å². The van der Waals surface area contributed by atoms with Gasteiger partial charge in [0.1, 0.15) is 5.75 Å². The lowest BCUT2D eigenvalue weighted by atomic mass is 9.97. The monoisotopic (exact) mass is 250 g/mol. The van der Waals surface area contributed by atoms with E-state index in [1.165, 1.54) is 11.1 Å². The third-order valence-electron chi connectivity index (χ3n) is 2.85. The van der Waals surface area contributed by atoms with Crippen molar-refractivity contribution in [3.63, 3.8) is 0 Å². The van der Waals surface area contributed by atoms with E-state index in [0.717, 1.165) is 12.2 Å². The Hall–Kier alpha value is -1.51. The molecule has 0 aliphatic rings. The van der Waals surface area contributed by atoms with Gasteiger partial charge in [0.2, 0.25) is 0 Å². The molecule has 0 saturated carbocycles. The van der Waals surface area contributed by atoms with Crippen molar-refractivity contribution < 1.29 is 14.6 Å². The van der Waals surface area contributed by atoms with E-state index in [4.69, 9.17) is 9.84 Å². The maximum absolute atomic E-state index is 10.5. The molecule has 0 amide bonds. The number of ether oxygens (including phenoxy) is 1. The van der Waals surface area contributed by atoms with Crippen LogP contribution in [-0.4, -0.2) is 17.7 Å². The first-order chi connectivity index (χ1) is 8.54. The third kappa shape index (κ3) is 4.40. The van der Waals surface area contributed by atoms with E-state index in [2.05, 4.69) is 19.9 Å². The Labute approximate surface area is 109 Å². The smallest absolute Gasteiger partial charge is 0.303 e. The Morgan fingerprint density at radius 2 is 2.11 bits per heavy atom. The van der Waals surface area contributed by atoms with Crippen LogP contribution in [0.3, 0.4) is 0 Å². The van der Waals surface area contributed by atoms with E-state index < -0.39 is 5.97 Å². The van der Waals surface area contributed by atoms with Gasteiger partial charge >= 0.3 is 5.97 Å². The number of aryl methyl sites for hydroxylation is 1. The van der Waals surface area contributed by atoms with Crippen LogP contribution < -0.4 is 4.74 Å². The van der Waals surface area contributed by atoms with Gasteiger partial charge in [-0.05, 0) is 42.9 Å². The van der Waals surface area contributed by atoms with E-state index in [1.54, 1.807) is 0 Å². The van der Waals surface area contributed by atoms with Gasteiger partial charge in [0.05, 0.1) is 6.61 Å². The molecule has 0 aliphatic carbocycles. The topological polar surface area (TPSA) is 46.5 Å². The summed E-state index contributed by atoms with van der Waals surface area (Å²) in [4.78, 5) is 10.5. The molecule has 0 radical (unpaired) electrons. The second kappa shape index (κ2) is 7.04. The minimum Gasteiger partial charge on any atom is -0.494 e. The molecule has 0 spiro atoms. The molecule has 0 unspecified atom stereocenters. The average Bonchev–Trinajstić information content (AvgIpc) is 2.30. The van der Waals surface area contributed by atoms with Crippen molar-refractivity contribution in [1.82, 2.24) is 0 Å². The Morgan fingerprint density at radius 3 is 2.67 bits per heavy atom. The zero-order chi connectivity index (χ0) is 13.5. The van der Waals surface area contributed by atoms with E-state index in [1.807, 2.05) is 19.1 Å². The van der Waals surface area contributed by atoms with Crippen molar-refractivity contribution >= 4 is 5.97 Å². The Kier molecular flexibility index (Phi) is 5.69. The summed E-state index contributed by atoms with van der Waals surface area (Å²) in [7, 11) is 0. The molecule has 1 N–H and O–H groups in total. The summed E-state index contributed by atoms with van der Waals surface area (Å²) in [5.74, 6) is 0.616. The van der Waals surface area contributed by atoms with Crippen LogP contribution in [0.5, 0.6) is 5.75 Å². The van der Waals surface area contributed by atoms with Gasteiger partial charge in [-0.3, -0.25) is 4.79 Å². The van der Waals surface area contributed by atoms with Crippen LogP contribution in [0.1, 0.15) is 50.7 Å².